The van der Waals surface area contributed by atoms with Crippen LogP contribution in [0.5, 0.6) is 11.5 Å². The molecule has 3 heterocycles. The standard InChI is InChI=1S/C30H28FN3O4/c1-36-23-15-22(16-24(17-23)37-2)33-30-26(29(35)32-21-8-3-7-20(31)14-21)13-19-12-18-6-4-10-34-11-5-9-25(27(18)34)28(19)38-30/h3,7-8,12-17H,4-6,9-11H2,1-2H3,(H,32,35). The highest BCUT2D eigenvalue weighted by molar-refractivity contribution is 6.06. The first-order valence-corrected chi connectivity index (χ1v) is 12.7. The number of benzene rings is 3. The summed E-state index contributed by atoms with van der Waals surface area (Å²) in [6.07, 6.45) is 4.05. The Bertz CT molecular complexity index is 1600. The molecule has 0 saturated heterocycles. The van der Waals surface area contributed by atoms with Gasteiger partial charge in [-0.2, -0.15) is 0 Å². The van der Waals surface area contributed by atoms with Gasteiger partial charge >= 0.3 is 0 Å². The lowest BCUT2D eigenvalue weighted by Crippen LogP contribution is -2.34. The molecule has 0 spiro atoms. The number of hydrogen-bond acceptors (Lipinski definition) is 6. The number of methoxy groups -OCH3 is 2. The maximum atomic E-state index is 13.8. The van der Waals surface area contributed by atoms with Crippen LogP contribution in [0.1, 0.15) is 34.3 Å². The number of amides is 1. The Balaban J connectivity index is 1.57. The minimum atomic E-state index is -0.442. The van der Waals surface area contributed by atoms with Gasteiger partial charge in [0.2, 0.25) is 5.55 Å². The number of anilines is 2. The number of carbonyl (C=O) groups is 1. The van der Waals surface area contributed by atoms with Gasteiger partial charge in [-0.15, -0.1) is 0 Å². The van der Waals surface area contributed by atoms with Crippen LogP contribution in [0.3, 0.4) is 0 Å². The third-order valence-corrected chi connectivity index (χ3v) is 7.12. The van der Waals surface area contributed by atoms with Crippen LogP contribution in [0.15, 0.2) is 64.0 Å². The Morgan fingerprint density at radius 3 is 2.50 bits per heavy atom. The maximum Gasteiger partial charge on any atom is 0.261 e. The van der Waals surface area contributed by atoms with Crippen LogP contribution in [0.4, 0.5) is 21.5 Å². The Kier molecular flexibility index (Phi) is 6.23. The molecule has 0 unspecified atom stereocenters. The van der Waals surface area contributed by atoms with Crippen molar-refractivity contribution in [1.29, 1.82) is 0 Å². The fourth-order valence-corrected chi connectivity index (χ4v) is 5.44. The maximum absolute atomic E-state index is 13.8. The van der Waals surface area contributed by atoms with E-state index in [1.54, 1.807) is 44.6 Å². The number of ether oxygens (including phenoxy) is 2. The van der Waals surface area contributed by atoms with Gasteiger partial charge in [0.05, 0.1) is 19.9 Å². The van der Waals surface area contributed by atoms with Gasteiger partial charge in [-0.1, -0.05) is 6.07 Å². The Labute approximate surface area is 219 Å². The second-order valence-corrected chi connectivity index (χ2v) is 9.59. The van der Waals surface area contributed by atoms with Gasteiger partial charge < -0.3 is 24.1 Å². The third-order valence-electron chi connectivity index (χ3n) is 7.12. The van der Waals surface area contributed by atoms with Gasteiger partial charge in [0, 0.05) is 53.6 Å². The van der Waals surface area contributed by atoms with E-state index >= 15 is 0 Å². The SMILES string of the molecule is COc1cc(N=c2oc3c4c5c(cc3cc2C(=O)Nc2cccc(F)c2)CCCN5CCC4)cc(OC)c1. The minimum absolute atomic E-state index is 0.158. The molecule has 1 aromatic heterocycles. The smallest absolute Gasteiger partial charge is 0.261 e. The van der Waals surface area contributed by atoms with Gasteiger partial charge in [0.25, 0.3) is 5.91 Å². The molecular weight excluding hydrogens is 485 g/mol. The molecule has 0 radical (unpaired) electrons. The minimum Gasteiger partial charge on any atom is -0.497 e. The predicted octanol–water partition coefficient (Wildman–Crippen LogP) is 5.77. The summed E-state index contributed by atoms with van der Waals surface area (Å²) in [6.45, 7) is 2.08. The Hall–Kier alpha value is -4.33. The van der Waals surface area contributed by atoms with Crippen molar-refractivity contribution in [2.75, 3.05) is 37.5 Å². The highest BCUT2D eigenvalue weighted by Gasteiger charge is 2.27. The summed E-state index contributed by atoms with van der Waals surface area (Å²) >= 11 is 0. The summed E-state index contributed by atoms with van der Waals surface area (Å²) in [7, 11) is 3.13. The van der Waals surface area contributed by atoms with E-state index in [-0.39, 0.29) is 11.1 Å². The number of halogens is 1. The van der Waals surface area contributed by atoms with Crippen LogP contribution in [-0.2, 0) is 12.8 Å². The molecule has 194 valence electrons. The number of fused-ring (bicyclic) bond motifs is 2. The topological polar surface area (TPSA) is 76.3 Å². The zero-order valence-electron chi connectivity index (χ0n) is 21.3. The first-order chi connectivity index (χ1) is 18.5. The summed E-state index contributed by atoms with van der Waals surface area (Å²) in [6, 6.07) is 15.0. The van der Waals surface area contributed by atoms with Crippen molar-refractivity contribution in [1.82, 2.24) is 0 Å². The number of nitrogens with one attached hydrogen (secondary N) is 1. The molecule has 4 aromatic rings. The molecule has 0 fully saturated rings. The average molecular weight is 514 g/mol. The van der Waals surface area contributed by atoms with Crippen LogP contribution in [0, 0.1) is 5.82 Å². The van der Waals surface area contributed by atoms with Gasteiger partial charge in [0.15, 0.2) is 0 Å². The van der Waals surface area contributed by atoms with Crippen molar-refractivity contribution in [2.45, 2.75) is 25.7 Å². The van der Waals surface area contributed by atoms with E-state index in [0.717, 1.165) is 49.7 Å². The normalized spacial score (nSPS) is 14.8. The lowest BCUT2D eigenvalue weighted by molar-refractivity contribution is 0.102. The summed E-state index contributed by atoms with van der Waals surface area (Å²) in [5, 5.41) is 3.64. The van der Waals surface area contributed by atoms with Crippen LogP contribution in [0.25, 0.3) is 11.0 Å². The highest BCUT2D eigenvalue weighted by atomic mass is 19.1. The molecule has 0 saturated carbocycles. The van der Waals surface area contributed by atoms with Crippen molar-refractivity contribution in [3.8, 4) is 11.5 Å². The van der Waals surface area contributed by atoms with Gasteiger partial charge in [0.1, 0.15) is 28.5 Å². The molecule has 1 N–H and O–H groups in total. The highest BCUT2D eigenvalue weighted by Crippen LogP contribution is 2.40. The molecule has 3 aromatic carbocycles. The quantitative estimate of drug-likeness (QED) is 0.367. The van der Waals surface area contributed by atoms with Gasteiger partial charge in [-0.3, -0.25) is 4.79 Å². The predicted molar refractivity (Wildman–Crippen MR) is 144 cm³/mol. The van der Waals surface area contributed by atoms with Crippen molar-refractivity contribution in [2.24, 2.45) is 4.99 Å². The van der Waals surface area contributed by atoms with E-state index < -0.39 is 11.7 Å². The Morgan fingerprint density at radius 2 is 1.76 bits per heavy atom. The zero-order chi connectivity index (χ0) is 26.2. The van der Waals surface area contributed by atoms with E-state index in [1.807, 2.05) is 6.07 Å². The number of hydrogen-bond donors (Lipinski definition) is 1. The summed E-state index contributed by atoms with van der Waals surface area (Å²) in [5.41, 5.74) is 5.73. The largest absolute Gasteiger partial charge is 0.497 e. The van der Waals surface area contributed by atoms with Gasteiger partial charge in [-0.25, -0.2) is 9.38 Å². The van der Waals surface area contributed by atoms with Crippen molar-refractivity contribution < 1.29 is 23.1 Å². The van der Waals surface area contributed by atoms with Gasteiger partial charge in [-0.05, 0) is 61.6 Å². The average Bonchev–Trinajstić information content (AvgIpc) is 2.93. The number of aryl methyl sites for hydroxylation is 2. The zero-order valence-corrected chi connectivity index (χ0v) is 21.3. The van der Waals surface area contributed by atoms with E-state index in [2.05, 4.69) is 16.3 Å². The third kappa shape index (κ3) is 4.47. The van der Waals surface area contributed by atoms with E-state index in [9.17, 15) is 9.18 Å². The lowest BCUT2D eigenvalue weighted by Gasteiger charge is -2.37. The van der Waals surface area contributed by atoms with Crippen LogP contribution in [0.2, 0.25) is 0 Å². The monoisotopic (exact) mass is 513 g/mol. The molecule has 2 aliphatic rings. The first kappa shape index (κ1) is 24.0. The molecule has 7 nitrogen and oxygen atoms in total. The van der Waals surface area contributed by atoms with Crippen LogP contribution < -0.4 is 25.2 Å². The fraction of sp³-hybridized carbons (Fsp3) is 0.267. The second kappa shape index (κ2) is 9.85. The molecular formula is C30H28FN3O4. The fourth-order valence-electron chi connectivity index (χ4n) is 5.44. The van der Waals surface area contributed by atoms with Crippen molar-refractivity contribution in [3.05, 3.63) is 82.7 Å². The van der Waals surface area contributed by atoms with E-state index in [1.165, 1.54) is 28.9 Å². The molecule has 0 aliphatic carbocycles. The number of rotatable bonds is 5. The molecule has 8 heteroatoms. The number of carbonyl (C=O) groups excluding carboxylic acids is 1. The van der Waals surface area contributed by atoms with E-state index in [0.29, 0.717) is 22.9 Å². The summed E-state index contributed by atoms with van der Waals surface area (Å²) in [4.78, 5) is 20.7. The van der Waals surface area contributed by atoms with Crippen molar-refractivity contribution in [3.63, 3.8) is 0 Å². The molecule has 2 aliphatic heterocycles. The molecule has 6 rings (SSSR count). The second-order valence-electron chi connectivity index (χ2n) is 9.59. The summed E-state index contributed by atoms with van der Waals surface area (Å²) < 4.78 is 31.1. The molecule has 38 heavy (non-hydrogen) atoms. The van der Waals surface area contributed by atoms with Crippen molar-refractivity contribution >= 4 is 33.9 Å². The molecule has 0 atom stereocenters. The Morgan fingerprint density at radius 1 is 1.00 bits per heavy atom. The molecule has 0 bridgehead atoms. The summed E-state index contributed by atoms with van der Waals surface area (Å²) in [5.74, 6) is 0.251. The molecule has 1 amide bonds. The lowest BCUT2D eigenvalue weighted by atomic mass is 9.90. The van der Waals surface area contributed by atoms with Crippen LogP contribution in [-0.4, -0.2) is 33.2 Å². The van der Waals surface area contributed by atoms with E-state index in [4.69, 9.17) is 18.9 Å². The first-order valence-electron chi connectivity index (χ1n) is 12.7. The van der Waals surface area contributed by atoms with Crippen LogP contribution >= 0.6 is 0 Å². The number of nitrogens with zero attached hydrogens (tertiary/aromatic N) is 2.